The molecule has 0 radical (unpaired) electrons. The van der Waals surface area contributed by atoms with Gasteiger partial charge >= 0.3 is 6.03 Å². The summed E-state index contributed by atoms with van der Waals surface area (Å²) < 4.78 is 0. The van der Waals surface area contributed by atoms with Crippen LogP contribution in [0.15, 0.2) is 18.2 Å². The van der Waals surface area contributed by atoms with Crippen molar-refractivity contribution in [1.29, 1.82) is 0 Å². The third kappa shape index (κ3) is 4.63. The molecule has 0 aromatic heterocycles. The molecule has 1 unspecified atom stereocenters. The van der Waals surface area contributed by atoms with Crippen LogP contribution in [0.5, 0.6) is 0 Å². The van der Waals surface area contributed by atoms with Crippen LogP contribution in [0.1, 0.15) is 30.9 Å². The van der Waals surface area contributed by atoms with Crippen LogP contribution in [0.2, 0.25) is 0 Å². The first-order valence-electron chi connectivity index (χ1n) is 8.49. The molecule has 24 heavy (non-hydrogen) atoms. The third-order valence-corrected chi connectivity index (χ3v) is 4.34. The zero-order valence-electron chi connectivity index (χ0n) is 15.1. The average molecular weight is 332 g/mol. The maximum Gasteiger partial charge on any atom is 0.315 e. The van der Waals surface area contributed by atoms with Crippen molar-refractivity contribution in [3.8, 4) is 0 Å². The number of benzene rings is 1. The zero-order valence-corrected chi connectivity index (χ0v) is 15.1. The standard InChI is InChI=1S/C18H28N4O2/c1-5-17(23)22-9-8-15(12-22)20-18(24)19-11-14-7-6-13(2)10-16(14)21(3)4/h6-7,10,15H,5,8-9,11-12H2,1-4H3,(H2,19,20,24). The lowest BCUT2D eigenvalue weighted by molar-refractivity contribution is -0.129. The van der Waals surface area contributed by atoms with E-state index in [2.05, 4.69) is 23.6 Å². The van der Waals surface area contributed by atoms with Crippen molar-refractivity contribution >= 4 is 17.6 Å². The third-order valence-electron chi connectivity index (χ3n) is 4.34. The van der Waals surface area contributed by atoms with Gasteiger partial charge in [0.1, 0.15) is 0 Å². The molecular weight excluding hydrogens is 304 g/mol. The lowest BCUT2D eigenvalue weighted by atomic mass is 10.1. The summed E-state index contributed by atoms with van der Waals surface area (Å²) in [5, 5.41) is 5.88. The summed E-state index contributed by atoms with van der Waals surface area (Å²) in [6.07, 6.45) is 1.33. The van der Waals surface area contributed by atoms with Gasteiger partial charge in [-0.2, -0.15) is 0 Å². The molecule has 1 aliphatic rings. The zero-order chi connectivity index (χ0) is 17.7. The molecule has 1 aromatic carbocycles. The molecule has 1 aliphatic heterocycles. The lowest BCUT2D eigenvalue weighted by Gasteiger charge is -2.19. The van der Waals surface area contributed by atoms with Crippen molar-refractivity contribution in [2.45, 2.75) is 39.3 Å². The normalized spacial score (nSPS) is 16.8. The van der Waals surface area contributed by atoms with E-state index in [4.69, 9.17) is 0 Å². The number of urea groups is 1. The first-order valence-corrected chi connectivity index (χ1v) is 8.49. The first-order chi connectivity index (χ1) is 11.4. The van der Waals surface area contributed by atoms with Gasteiger partial charge in [0.15, 0.2) is 0 Å². The number of nitrogens with zero attached hydrogens (tertiary/aromatic N) is 2. The van der Waals surface area contributed by atoms with Crippen LogP contribution in [0.25, 0.3) is 0 Å². The van der Waals surface area contributed by atoms with Gasteiger partial charge in [0.2, 0.25) is 5.91 Å². The Hall–Kier alpha value is -2.24. The first kappa shape index (κ1) is 18.1. The monoisotopic (exact) mass is 332 g/mol. The lowest BCUT2D eigenvalue weighted by Crippen LogP contribution is -2.43. The van der Waals surface area contributed by atoms with Crippen LogP contribution in [-0.4, -0.2) is 50.1 Å². The maximum absolute atomic E-state index is 12.1. The van der Waals surface area contributed by atoms with Gasteiger partial charge in [-0.15, -0.1) is 0 Å². The van der Waals surface area contributed by atoms with Crippen molar-refractivity contribution in [3.63, 3.8) is 0 Å². The Balaban J connectivity index is 1.85. The number of hydrogen-bond donors (Lipinski definition) is 2. The van der Waals surface area contributed by atoms with E-state index in [0.717, 1.165) is 24.2 Å². The fraction of sp³-hybridized carbons (Fsp3) is 0.556. The summed E-state index contributed by atoms with van der Waals surface area (Å²) in [5.41, 5.74) is 3.38. The van der Waals surface area contributed by atoms with E-state index >= 15 is 0 Å². The van der Waals surface area contributed by atoms with Crippen LogP contribution in [0.3, 0.4) is 0 Å². The highest BCUT2D eigenvalue weighted by atomic mass is 16.2. The Labute approximate surface area is 144 Å². The van der Waals surface area contributed by atoms with E-state index in [1.165, 1.54) is 5.56 Å². The predicted molar refractivity (Wildman–Crippen MR) is 96.2 cm³/mol. The molecule has 1 heterocycles. The molecule has 6 nitrogen and oxygen atoms in total. The molecule has 6 heteroatoms. The molecule has 0 saturated carbocycles. The van der Waals surface area contributed by atoms with Gasteiger partial charge < -0.3 is 20.4 Å². The van der Waals surface area contributed by atoms with E-state index < -0.39 is 0 Å². The maximum atomic E-state index is 12.1. The van der Waals surface area contributed by atoms with Gasteiger partial charge in [-0.25, -0.2) is 4.79 Å². The number of carbonyl (C=O) groups is 2. The van der Waals surface area contributed by atoms with Crippen molar-refractivity contribution in [2.75, 3.05) is 32.1 Å². The summed E-state index contributed by atoms with van der Waals surface area (Å²) in [6.45, 7) is 5.72. The van der Waals surface area contributed by atoms with Crippen LogP contribution in [0, 0.1) is 6.92 Å². The van der Waals surface area contributed by atoms with Crippen LogP contribution in [0.4, 0.5) is 10.5 Å². The summed E-state index contributed by atoms with van der Waals surface area (Å²) in [7, 11) is 3.99. The van der Waals surface area contributed by atoms with E-state index in [1.807, 2.05) is 43.0 Å². The average Bonchev–Trinajstić information content (AvgIpc) is 3.01. The predicted octanol–water partition coefficient (Wildman–Crippen LogP) is 1.87. The Morgan fingerprint density at radius 1 is 1.33 bits per heavy atom. The van der Waals surface area contributed by atoms with Crippen molar-refractivity contribution < 1.29 is 9.59 Å². The van der Waals surface area contributed by atoms with Gasteiger partial charge in [-0.1, -0.05) is 19.1 Å². The van der Waals surface area contributed by atoms with Crippen molar-refractivity contribution in [3.05, 3.63) is 29.3 Å². The summed E-state index contributed by atoms with van der Waals surface area (Å²) in [6, 6.07) is 6.05. The van der Waals surface area contributed by atoms with Gasteiger partial charge in [-0.05, 0) is 30.5 Å². The molecule has 1 aromatic rings. The molecule has 1 fully saturated rings. The van der Waals surface area contributed by atoms with E-state index in [1.54, 1.807) is 0 Å². The number of nitrogens with one attached hydrogen (secondary N) is 2. The quantitative estimate of drug-likeness (QED) is 0.865. The Bertz CT molecular complexity index is 601. The molecule has 1 saturated heterocycles. The molecule has 3 amide bonds. The summed E-state index contributed by atoms with van der Waals surface area (Å²) in [5.74, 6) is 0.148. The highest BCUT2D eigenvalue weighted by Crippen LogP contribution is 2.20. The van der Waals surface area contributed by atoms with Gasteiger partial charge in [0, 0.05) is 51.9 Å². The number of carbonyl (C=O) groups excluding carboxylic acids is 2. The molecule has 132 valence electrons. The fourth-order valence-electron chi connectivity index (χ4n) is 2.98. The SMILES string of the molecule is CCC(=O)N1CCC(NC(=O)NCc2ccc(C)cc2N(C)C)C1. The molecule has 0 bridgehead atoms. The minimum atomic E-state index is -0.184. The number of likely N-dealkylation sites (tertiary alicyclic amines) is 1. The minimum absolute atomic E-state index is 0.0341. The smallest absolute Gasteiger partial charge is 0.315 e. The topological polar surface area (TPSA) is 64.7 Å². The van der Waals surface area contributed by atoms with Crippen molar-refractivity contribution in [1.82, 2.24) is 15.5 Å². The molecule has 2 N–H and O–H groups in total. The van der Waals surface area contributed by atoms with Crippen LogP contribution in [-0.2, 0) is 11.3 Å². The molecule has 0 aliphatic carbocycles. The number of anilines is 1. The highest BCUT2D eigenvalue weighted by Gasteiger charge is 2.26. The second-order valence-electron chi connectivity index (χ2n) is 6.53. The molecule has 1 atom stereocenters. The fourth-order valence-corrected chi connectivity index (χ4v) is 2.98. The van der Waals surface area contributed by atoms with Crippen molar-refractivity contribution in [2.24, 2.45) is 0 Å². The summed E-state index contributed by atoms with van der Waals surface area (Å²) in [4.78, 5) is 27.7. The molecular formula is C18H28N4O2. The van der Waals surface area contributed by atoms with Crippen LogP contribution < -0.4 is 15.5 Å². The van der Waals surface area contributed by atoms with E-state index in [0.29, 0.717) is 19.5 Å². The molecule has 0 spiro atoms. The minimum Gasteiger partial charge on any atom is -0.377 e. The number of rotatable bonds is 5. The highest BCUT2D eigenvalue weighted by molar-refractivity contribution is 5.77. The number of hydrogen-bond acceptors (Lipinski definition) is 3. The largest absolute Gasteiger partial charge is 0.377 e. The number of amides is 3. The van der Waals surface area contributed by atoms with E-state index in [9.17, 15) is 9.59 Å². The van der Waals surface area contributed by atoms with Gasteiger partial charge in [0.05, 0.1) is 0 Å². The van der Waals surface area contributed by atoms with E-state index in [-0.39, 0.29) is 18.0 Å². The summed E-state index contributed by atoms with van der Waals surface area (Å²) >= 11 is 0. The van der Waals surface area contributed by atoms with Gasteiger partial charge in [0.25, 0.3) is 0 Å². The number of aryl methyl sites for hydroxylation is 1. The Kier molecular flexibility index (Phi) is 6.06. The molecule has 2 rings (SSSR count). The second kappa shape index (κ2) is 8.04. The Morgan fingerprint density at radius 3 is 2.75 bits per heavy atom. The van der Waals surface area contributed by atoms with Gasteiger partial charge in [-0.3, -0.25) is 4.79 Å². The van der Waals surface area contributed by atoms with Crippen LogP contribution >= 0.6 is 0 Å². The second-order valence-corrected chi connectivity index (χ2v) is 6.53. The Morgan fingerprint density at radius 2 is 2.08 bits per heavy atom.